The minimum atomic E-state index is -0.701. The van der Waals surface area contributed by atoms with E-state index < -0.39 is 6.10 Å². The number of hydrogen-bond donors (Lipinski definition) is 2. The molecular weight excluding hydrogens is 295 g/mol. The molecule has 0 spiro atoms. The van der Waals surface area contributed by atoms with Crippen LogP contribution in [0.1, 0.15) is 0 Å². The number of benzene rings is 2. The summed E-state index contributed by atoms with van der Waals surface area (Å²) in [6.45, 7) is 0.429. The molecule has 2 aromatic carbocycles. The van der Waals surface area contributed by atoms with E-state index in [0.717, 1.165) is 10.9 Å². The summed E-state index contributed by atoms with van der Waals surface area (Å²) in [7, 11) is 0. The molecule has 0 saturated heterocycles. The van der Waals surface area contributed by atoms with E-state index in [9.17, 15) is 9.50 Å². The van der Waals surface area contributed by atoms with Crippen molar-refractivity contribution in [3.05, 3.63) is 66.5 Å². The molecule has 0 aliphatic heterocycles. The number of nitrogens with zero attached hydrogens (tertiary/aromatic N) is 1. The zero-order valence-corrected chi connectivity index (χ0v) is 12.4. The lowest BCUT2D eigenvalue weighted by molar-refractivity contribution is 0.117. The zero-order valence-electron chi connectivity index (χ0n) is 12.4. The molecule has 1 atom stereocenters. The number of fused-ring (bicyclic) bond motifs is 1. The molecule has 23 heavy (non-hydrogen) atoms. The van der Waals surface area contributed by atoms with Gasteiger partial charge in [0.15, 0.2) is 0 Å². The number of ether oxygens (including phenoxy) is 1. The number of aliphatic hydroxyl groups is 1. The fourth-order valence-electron chi connectivity index (χ4n) is 2.17. The molecular formula is C18H17FN2O2. The Bertz CT molecular complexity index is 777. The number of hydrogen-bond acceptors (Lipinski definition) is 4. The summed E-state index contributed by atoms with van der Waals surface area (Å²) in [6.07, 6.45) is -0.701. The monoisotopic (exact) mass is 312 g/mol. The van der Waals surface area contributed by atoms with Gasteiger partial charge >= 0.3 is 0 Å². The van der Waals surface area contributed by atoms with Crippen LogP contribution in [0.4, 0.5) is 10.2 Å². The number of rotatable bonds is 6. The van der Waals surface area contributed by atoms with Gasteiger partial charge in [-0.25, -0.2) is 9.37 Å². The van der Waals surface area contributed by atoms with Gasteiger partial charge in [0.1, 0.15) is 30.1 Å². The third kappa shape index (κ3) is 4.17. The summed E-state index contributed by atoms with van der Waals surface area (Å²) < 4.78 is 18.2. The number of pyridine rings is 1. The van der Waals surface area contributed by atoms with E-state index >= 15 is 0 Å². The highest BCUT2D eigenvalue weighted by Crippen LogP contribution is 2.15. The molecule has 0 amide bonds. The zero-order chi connectivity index (χ0) is 16.1. The maximum atomic E-state index is 12.8. The summed E-state index contributed by atoms with van der Waals surface area (Å²) in [5.41, 5.74) is 0.898. The Morgan fingerprint density at radius 2 is 1.83 bits per heavy atom. The van der Waals surface area contributed by atoms with Crippen molar-refractivity contribution in [1.29, 1.82) is 0 Å². The first-order valence-corrected chi connectivity index (χ1v) is 7.37. The minimum Gasteiger partial charge on any atom is -0.491 e. The average Bonchev–Trinajstić information content (AvgIpc) is 2.59. The predicted octanol–water partition coefficient (Wildman–Crippen LogP) is 3.23. The smallest absolute Gasteiger partial charge is 0.126 e. The Labute approximate surface area is 133 Å². The normalized spacial score (nSPS) is 12.1. The third-order valence-corrected chi connectivity index (χ3v) is 3.37. The number of aromatic nitrogens is 1. The molecule has 1 aromatic heterocycles. The van der Waals surface area contributed by atoms with Crippen LogP contribution in [0.5, 0.6) is 5.75 Å². The highest BCUT2D eigenvalue weighted by atomic mass is 19.1. The lowest BCUT2D eigenvalue weighted by Gasteiger charge is -2.14. The summed E-state index contributed by atoms with van der Waals surface area (Å²) in [5.74, 6) is 0.903. The fourth-order valence-corrected chi connectivity index (χ4v) is 2.17. The van der Waals surface area contributed by atoms with Gasteiger partial charge in [0.2, 0.25) is 0 Å². The number of para-hydroxylation sites is 1. The Morgan fingerprint density at radius 1 is 1.04 bits per heavy atom. The van der Waals surface area contributed by atoms with Crippen LogP contribution >= 0.6 is 0 Å². The van der Waals surface area contributed by atoms with Crippen LogP contribution in [-0.2, 0) is 0 Å². The molecule has 0 radical (unpaired) electrons. The second-order valence-corrected chi connectivity index (χ2v) is 5.19. The molecule has 0 fully saturated rings. The van der Waals surface area contributed by atoms with E-state index in [1.807, 2.05) is 36.4 Å². The summed E-state index contributed by atoms with van der Waals surface area (Å²) in [5, 5.41) is 14.1. The van der Waals surface area contributed by atoms with Crippen LogP contribution in [-0.4, -0.2) is 29.3 Å². The molecule has 3 rings (SSSR count). The van der Waals surface area contributed by atoms with Crippen LogP contribution in [0.3, 0.4) is 0 Å². The van der Waals surface area contributed by atoms with E-state index in [1.165, 1.54) is 24.3 Å². The Morgan fingerprint density at radius 3 is 2.65 bits per heavy atom. The Balaban J connectivity index is 1.51. The van der Waals surface area contributed by atoms with Gasteiger partial charge in [-0.05, 0) is 42.5 Å². The Kier molecular flexibility index (Phi) is 4.68. The van der Waals surface area contributed by atoms with E-state index in [4.69, 9.17) is 4.74 Å². The molecule has 1 unspecified atom stereocenters. The first kappa shape index (κ1) is 15.2. The number of nitrogens with one attached hydrogen (secondary N) is 1. The Hall–Kier alpha value is -2.66. The van der Waals surface area contributed by atoms with Crippen molar-refractivity contribution in [1.82, 2.24) is 4.98 Å². The van der Waals surface area contributed by atoms with E-state index in [2.05, 4.69) is 10.3 Å². The molecule has 0 bridgehead atoms. The topological polar surface area (TPSA) is 54.4 Å². The SMILES string of the molecule is OC(CNc1ccc2ccccc2n1)COc1ccc(F)cc1. The third-order valence-electron chi connectivity index (χ3n) is 3.37. The van der Waals surface area contributed by atoms with Crippen LogP contribution < -0.4 is 10.1 Å². The molecule has 0 aliphatic rings. The largest absolute Gasteiger partial charge is 0.491 e. The van der Waals surface area contributed by atoms with Crippen LogP contribution in [0.2, 0.25) is 0 Å². The highest BCUT2D eigenvalue weighted by Gasteiger charge is 2.06. The van der Waals surface area contributed by atoms with Gasteiger partial charge < -0.3 is 15.2 Å². The van der Waals surface area contributed by atoms with Gasteiger partial charge in [-0.1, -0.05) is 18.2 Å². The summed E-state index contributed by atoms with van der Waals surface area (Å²) in [6, 6.07) is 17.4. The van der Waals surface area contributed by atoms with E-state index in [0.29, 0.717) is 18.1 Å². The standard InChI is InChI=1S/C18H17FN2O2/c19-14-6-8-16(9-7-14)23-12-15(22)11-20-18-10-5-13-3-1-2-4-17(13)21-18/h1-10,15,22H,11-12H2,(H,20,21). The van der Waals surface area contributed by atoms with Gasteiger partial charge in [0.05, 0.1) is 5.52 Å². The van der Waals surface area contributed by atoms with Gasteiger partial charge in [-0.3, -0.25) is 0 Å². The fraction of sp³-hybridized carbons (Fsp3) is 0.167. The van der Waals surface area contributed by atoms with E-state index in [-0.39, 0.29) is 12.4 Å². The van der Waals surface area contributed by atoms with Gasteiger partial charge in [0, 0.05) is 11.9 Å². The molecule has 4 nitrogen and oxygen atoms in total. The van der Waals surface area contributed by atoms with Crippen molar-refractivity contribution in [3.8, 4) is 5.75 Å². The molecule has 1 heterocycles. The van der Waals surface area contributed by atoms with Crippen molar-refractivity contribution in [2.75, 3.05) is 18.5 Å². The van der Waals surface area contributed by atoms with Crippen molar-refractivity contribution < 1.29 is 14.2 Å². The van der Waals surface area contributed by atoms with E-state index in [1.54, 1.807) is 0 Å². The highest BCUT2D eigenvalue weighted by molar-refractivity contribution is 5.80. The van der Waals surface area contributed by atoms with Gasteiger partial charge in [-0.15, -0.1) is 0 Å². The second-order valence-electron chi connectivity index (χ2n) is 5.19. The molecule has 3 aromatic rings. The molecule has 118 valence electrons. The van der Waals surface area contributed by atoms with Crippen molar-refractivity contribution in [2.45, 2.75) is 6.10 Å². The lowest BCUT2D eigenvalue weighted by Crippen LogP contribution is -2.26. The maximum Gasteiger partial charge on any atom is 0.126 e. The minimum absolute atomic E-state index is 0.117. The number of anilines is 1. The molecule has 0 aliphatic carbocycles. The maximum absolute atomic E-state index is 12.8. The number of aliphatic hydroxyl groups excluding tert-OH is 1. The van der Waals surface area contributed by atoms with Crippen molar-refractivity contribution in [2.24, 2.45) is 0 Å². The van der Waals surface area contributed by atoms with Crippen molar-refractivity contribution in [3.63, 3.8) is 0 Å². The van der Waals surface area contributed by atoms with Crippen molar-refractivity contribution >= 4 is 16.7 Å². The summed E-state index contributed by atoms with van der Waals surface area (Å²) in [4.78, 5) is 4.47. The number of halogens is 1. The van der Waals surface area contributed by atoms with Gasteiger partial charge in [-0.2, -0.15) is 0 Å². The lowest BCUT2D eigenvalue weighted by atomic mass is 10.2. The molecule has 0 saturated carbocycles. The van der Waals surface area contributed by atoms with Crippen LogP contribution in [0.25, 0.3) is 10.9 Å². The quantitative estimate of drug-likeness (QED) is 0.734. The average molecular weight is 312 g/mol. The van der Waals surface area contributed by atoms with Gasteiger partial charge in [0.25, 0.3) is 0 Å². The second kappa shape index (κ2) is 7.07. The predicted molar refractivity (Wildman–Crippen MR) is 88.1 cm³/mol. The first-order valence-electron chi connectivity index (χ1n) is 7.37. The first-order chi connectivity index (χ1) is 11.2. The van der Waals surface area contributed by atoms with Crippen LogP contribution in [0.15, 0.2) is 60.7 Å². The molecule has 2 N–H and O–H groups in total. The summed E-state index contributed by atoms with van der Waals surface area (Å²) >= 11 is 0. The van der Waals surface area contributed by atoms with Crippen LogP contribution in [0, 0.1) is 5.82 Å². The molecule has 5 heteroatoms.